The average Bonchev–Trinajstić information content (AvgIpc) is 2.36. The molecule has 1 aromatic rings. The lowest BCUT2D eigenvalue weighted by Crippen LogP contribution is -2.49. The summed E-state index contributed by atoms with van der Waals surface area (Å²) < 4.78 is 0. The molecule has 0 radical (unpaired) electrons. The van der Waals surface area contributed by atoms with E-state index in [2.05, 4.69) is 12.6 Å². The highest BCUT2D eigenvalue weighted by Gasteiger charge is 2.32. The molecular weight excluding hydrogens is 214 g/mol. The summed E-state index contributed by atoms with van der Waals surface area (Å²) in [4.78, 5) is 13.3. The number of hydrogen-bond acceptors (Lipinski definition) is 2. The van der Waals surface area contributed by atoms with Crippen molar-refractivity contribution >= 4 is 5.97 Å². The summed E-state index contributed by atoms with van der Waals surface area (Å²) in [5.74, 6) is -0.756. The van der Waals surface area contributed by atoms with Crippen LogP contribution in [0.15, 0.2) is 36.9 Å². The first-order valence-corrected chi connectivity index (χ1v) is 5.81. The van der Waals surface area contributed by atoms with Gasteiger partial charge in [0, 0.05) is 12.6 Å². The second-order valence-electron chi connectivity index (χ2n) is 4.48. The number of carboxylic acids is 1. The fourth-order valence-corrected chi connectivity index (χ4v) is 2.34. The van der Waals surface area contributed by atoms with Gasteiger partial charge in [0.1, 0.15) is 6.04 Å². The predicted molar refractivity (Wildman–Crippen MR) is 66.8 cm³/mol. The number of carbonyl (C=O) groups is 1. The van der Waals surface area contributed by atoms with Crippen LogP contribution in [-0.4, -0.2) is 28.1 Å². The van der Waals surface area contributed by atoms with Crippen molar-refractivity contribution in [2.24, 2.45) is 0 Å². The molecule has 1 aliphatic rings. The van der Waals surface area contributed by atoms with Crippen LogP contribution in [0.3, 0.4) is 0 Å². The van der Waals surface area contributed by atoms with Gasteiger partial charge in [-0.15, -0.1) is 6.58 Å². The van der Waals surface area contributed by atoms with Crippen molar-refractivity contribution in [2.45, 2.75) is 32.0 Å². The zero-order valence-corrected chi connectivity index (χ0v) is 9.97. The highest BCUT2D eigenvalue weighted by Crippen LogP contribution is 2.25. The van der Waals surface area contributed by atoms with Gasteiger partial charge in [0.05, 0.1) is 0 Å². The molecule has 3 nitrogen and oxygen atoms in total. The van der Waals surface area contributed by atoms with Gasteiger partial charge in [-0.2, -0.15) is 0 Å². The molecule has 17 heavy (non-hydrogen) atoms. The zero-order valence-electron chi connectivity index (χ0n) is 9.97. The largest absolute Gasteiger partial charge is 0.480 e. The minimum atomic E-state index is -0.756. The van der Waals surface area contributed by atoms with E-state index in [1.807, 2.05) is 30.0 Å². The standard InChI is InChI=1S/C14H17NO2/c1-3-10(2)15-9-12-7-5-4-6-11(12)8-13(15)14(16)17/h3-7,10,13H,1,8-9H2,2H3,(H,16,17)/t10?,13-/m0/s1. The van der Waals surface area contributed by atoms with Crippen molar-refractivity contribution < 1.29 is 9.90 Å². The Morgan fingerprint density at radius 2 is 2.18 bits per heavy atom. The quantitative estimate of drug-likeness (QED) is 0.810. The molecule has 0 aliphatic carbocycles. The number of rotatable bonds is 3. The molecule has 0 bridgehead atoms. The van der Waals surface area contributed by atoms with Crippen LogP contribution in [0.4, 0.5) is 0 Å². The summed E-state index contributed by atoms with van der Waals surface area (Å²) in [7, 11) is 0. The first-order valence-electron chi connectivity index (χ1n) is 5.81. The van der Waals surface area contributed by atoms with Crippen molar-refractivity contribution in [3.05, 3.63) is 48.0 Å². The fourth-order valence-electron chi connectivity index (χ4n) is 2.34. The van der Waals surface area contributed by atoms with Gasteiger partial charge in [-0.3, -0.25) is 9.69 Å². The maximum Gasteiger partial charge on any atom is 0.321 e. The van der Waals surface area contributed by atoms with Crippen LogP contribution < -0.4 is 0 Å². The number of aliphatic carboxylic acids is 1. The van der Waals surface area contributed by atoms with Gasteiger partial charge in [-0.05, 0) is 24.5 Å². The Morgan fingerprint density at radius 3 is 2.76 bits per heavy atom. The molecule has 0 saturated heterocycles. The molecule has 2 atom stereocenters. The van der Waals surface area contributed by atoms with Crippen LogP contribution in [-0.2, 0) is 17.8 Å². The summed E-state index contributed by atoms with van der Waals surface area (Å²) >= 11 is 0. The van der Waals surface area contributed by atoms with Gasteiger partial charge in [-0.25, -0.2) is 0 Å². The molecule has 90 valence electrons. The second-order valence-corrected chi connectivity index (χ2v) is 4.48. The maximum absolute atomic E-state index is 11.3. The van der Waals surface area contributed by atoms with Crippen molar-refractivity contribution in [3.8, 4) is 0 Å². The normalized spacial score (nSPS) is 21.6. The number of benzene rings is 1. The molecule has 0 saturated carbocycles. The third kappa shape index (κ3) is 2.24. The first-order chi connectivity index (χ1) is 8.13. The van der Waals surface area contributed by atoms with Gasteiger partial charge in [-0.1, -0.05) is 30.3 Å². The Morgan fingerprint density at radius 1 is 1.53 bits per heavy atom. The summed E-state index contributed by atoms with van der Waals surface area (Å²) in [5.41, 5.74) is 2.37. The summed E-state index contributed by atoms with van der Waals surface area (Å²) in [5, 5.41) is 9.30. The maximum atomic E-state index is 11.3. The predicted octanol–water partition coefficient (Wildman–Crippen LogP) is 2.07. The lowest BCUT2D eigenvalue weighted by molar-refractivity contribution is -0.144. The Bertz CT molecular complexity index is 442. The van der Waals surface area contributed by atoms with E-state index in [4.69, 9.17) is 0 Å². The van der Waals surface area contributed by atoms with Gasteiger partial charge in [0.15, 0.2) is 0 Å². The van der Waals surface area contributed by atoms with E-state index < -0.39 is 12.0 Å². The monoisotopic (exact) mass is 231 g/mol. The third-order valence-electron chi connectivity index (χ3n) is 3.43. The molecule has 3 heteroatoms. The summed E-state index contributed by atoms with van der Waals surface area (Å²) in [6.45, 7) is 6.41. The van der Waals surface area contributed by atoms with Gasteiger partial charge >= 0.3 is 5.97 Å². The molecule has 0 aromatic heterocycles. The van der Waals surface area contributed by atoms with E-state index in [1.165, 1.54) is 5.56 Å². The van der Waals surface area contributed by atoms with Crippen LogP contribution in [0, 0.1) is 0 Å². The van der Waals surface area contributed by atoms with Crippen molar-refractivity contribution in [1.29, 1.82) is 0 Å². The minimum Gasteiger partial charge on any atom is -0.480 e. The lowest BCUT2D eigenvalue weighted by atomic mass is 9.93. The van der Waals surface area contributed by atoms with Crippen LogP contribution in [0.2, 0.25) is 0 Å². The van der Waals surface area contributed by atoms with E-state index in [1.54, 1.807) is 6.08 Å². The summed E-state index contributed by atoms with van der Waals surface area (Å²) in [6.07, 6.45) is 2.37. The third-order valence-corrected chi connectivity index (χ3v) is 3.43. The van der Waals surface area contributed by atoms with Gasteiger partial charge < -0.3 is 5.11 Å². The lowest BCUT2D eigenvalue weighted by Gasteiger charge is -2.37. The van der Waals surface area contributed by atoms with Crippen LogP contribution in [0.25, 0.3) is 0 Å². The second kappa shape index (κ2) is 4.72. The number of nitrogens with zero attached hydrogens (tertiary/aromatic N) is 1. The van der Waals surface area contributed by atoms with Crippen LogP contribution >= 0.6 is 0 Å². The molecular formula is C14H17NO2. The molecule has 2 rings (SSSR count). The van der Waals surface area contributed by atoms with Gasteiger partial charge in [0.2, 0.25) is 0 Å². The Hall–Kier alpha value is -1.61. The molecule has 0 fully saturated rings. The molecule has 0 amide bonds. The Kier molecular flexibility index (Phi) is 3.29. The molecule has 0 spiro atoms. The zero-order chi connectivity index (χ0) is 12.4. The molecule has 1 N–H and O–H groups in total. The van der Waals surface area contributed by atoms with Gasteiger partial charge in [0.25, 0.3) is 0 Å². The first kappa shape index (κ1) is 11.9. The van der Waals surface area contributed by atoms with E-state index in [0.29, 0.717) is 13.0 Å². The van der Waals surface area contributed by atoms with Crippen LogP contribution in [0.5, 0.6) is 0 Å². The fraction of sp³-hybridized carbons (Fsp3) is 0.357. The SMILES string of the molecule is C=CC(C)N1Cc2ccccc2C[C@H]1C(=O)O. The number of hydrogen-bond donors (Lipinski definition) is 1. The van der Waals surface area contributed by atoms with Crippen LogP contribution in [0.1, 0.15) is 18.1 Å². The smallest absolute Gasteiger partial charge is 0.321 e. The average molecular weight is 231 g/mol. The number of fused-ring (bicyclic) bond motifs is 1. The molecule has 1 heterocycles. The van der Waals surface area contributed by atoms with E-state index in [9.17, 15) is 9.90 Å². The minimum absolute atomic E-state index is 0.0736. The van der Waals surface area contributed by atoms with Crippen molar-refractivity contribution in [3.63, 3.8) is 0 Å². The topological polar surface area (TPSA) is 40.5 Å². The molecule has 1 aromatic carbocycles. The Balaban J connectivity index is 2.34. The van der Waals surface area contributed by atoms with Crippen molar-refractivity contribution in [1.82, 2.24) is 4.90 Å². The van der Waals surface area contributed by atoms with Crippen molar-refractivity contribution in [2.75, 3.05) is 0 Å². The van der Waals surface area contributed by atoms with E-state index in [-0.39, 0.29) is 6.04 Å². The molecule has 1 aliphatic heterocycles. The Labute approximate surface area is 101 Å². The summed E-state index contributed by atoms with van der Waals surface area (Å²) in [6, 6.07) is 7.67. The number of carboxylic acid groups (broad SMARTS) is 1. The highest BCUT2D eigenvalue weighted by atomic mass is 16.4. The highest BCUT2D eigenvalue weighted by molar-refractivity contribution is 5.74. The molecule has 1 unspecified atom stereocenters. The van der Waals surface area contributed by atoms with E-state index in [0.717, 1.165) is 5.56 Å². The van der Waals surface area contributed by atoms with E-state index >= 15 is 0 Å².